The summed E-state index contributed by atoms with van der Waals surface area (Å²) in [4.78, 5) is 6.07. The van der Waals surface area contributed by atoms with Crippen molar-refractivity contribution in [2.24, 2.45) is 11.8 Å². The number of fused-ring (bicyclic) bond motifs is 1. The SMILES string of the molecule is Cc1ccc(S(=O)(=O)N2C[C@H]3[C@H](NOC3(C)C)[C@@H]2C(C)C)cc1. The Labute approximate surface area is 139 Å². The predicted octanol–water partition coefficient (Wildman–Crippen LogP) is 2.32. The molecule has 0 spiro atoms. The second-order valence-electron chi connectivity index (χ2n) is 7.58. The first-order valence-corrected chi connectivity index (χ1v) is 9.60. The summed E-state index contributed by atoms with van der Waals surface area (Å²) < 4.78 is 28.0. The fraction of sp³-hybridized carbons (Fsp3) is 0.647. The van der Waals surface area contributed by atoms with E-state index in [9.17, 15) is 8.42 Å². The minimum Gasteiger partial charge on any atom is -0.295 e. The Morgan fingerprint density at radius 3 is 2.43 bits per heavy atom. The number of nitrogens with one attached hydrogen (secondary N) is 1. The third kappa shape index (κ3) is 2.71. The molecule has 1 aromatic carbocycles. The van der Waals surface area contributed by atoms with E-state index in [-0.39, 0.29) is 29.5 Å². The molecule has 5 nitrogen and oxygen atoms in total. The number of aryl methyl sites for hydroxylation is 1. The van der Waals surface area contributed by atoms with Crippen LogP contribution in [0.1, 0.15) is 33.3 Å². The van der Waals surface area contributed by atoms with Crippen LogP contribution in [-0.4, -0.2) is 37.0 Å². The molecule has 2 aliphatic heterocycles. The van der Waals surface area contributed by atoms with Crippen molar-refractivity contribution in [1.82, 2.24) is 9.79 Å². The van der Waals surface area contributed by atoms with Gasteiger partial charge in [0.1, 0.15) is 0 Å². The van der Waals surface area contributed by atoms with E-state index in [4.69, 9.17) is 4.84 Å². The molecule has 3 rings (SSSR count). The van der Waals surface area contributed by atoms with Crippen LogP contribution in [-0.2, 0) is 14.9 Å². The van der Waals surface area contributed by atoms with Crippen LogP contribution >= 0.6 is 0 Å². The van der Waals surface area contributed by atoms with Crippen molar-refractivity contribution in [3.8, 4) is 0 Å². The highest BCUT2D eigenvalue weighted by atomic mass is 32.2. The summed E-state index contributed by atoms with van der Waals surface area (Å²) in [6.07, 6.45) is 0. The number of hydrogen-bond acceptors (Lipinski definition) is 4. The van der Waals surface area contributed by atoms with Crippen LogP contribution in [0.4, 0.5) is 0 Å². The third-order valence-corrected chi connectivity index (χ3v) is 7.05. The first-order chi connectivity index (χ1) is 10.6. The van der Waals surface area contributed by atoms with Gasteiger partial charge < -0.3 is 0 Å². The van der Waals surface area contributed by atoms with E-state index in [1.165, 1.54) is 0 Å². The first-order valence-electron chi connectivity index (χ1n) is 8.16. The van der Waals surface area contributed by atoms with Gasteiger partial charge in [-0.05, 0) is 38.8 Å². The molecule has 6 heteroatoms. The summed E-state index contributed by atoms with van der Waals surface area (Å²) in [5.74, 6) is 0.352. The molecule has 0 bridgehead atoms. The third-order valence-electron chi connectivity index (χ3n) is 5.17. The molecule has 2 heterocycles. The molecular weight excluding hydrogens is 312 g/mol. The van der Waals surface area contributed by atoms with Crippen LogP contribution in [0.25, 0.3) is 0 Å². The number of hydroxylamine groups is 1. The summed E-state index contributed by atoms with van der Waals surface area (Å²) in [7, 11) is -3.50. The fourth-order valence-corrected chi connectivity index (χ4v) is 5.60. The highest BCUT2D eigenvalue weighted by molar-refractivity contribution is 7.89. The Bertz CT molecular complexity index is 682. The number of rotatable bonds is 3. The molecule has 0 saturated carbocycles. The van der Waals surface area contributed by atoms with E-state index in [2.05, 4.69) is 19.3 Å². The van der Waals surface area contributed by atoms with Crippen molar-refractivity contribution in [2.75, 3.05) is 6.54 Å². The van der Waals surface area contributed by atoms with Crippen molar-refractivity contribution in [3.63, 3.8) is 0 Å². The summed E-state index contributed by atoms with van der Waals surface area (Å²) in [5, 5.41) is 0. The Kier molecular flexibility index (Phi) is 4.08. The lowest BCUT2D eigenvalue weighted by molar-refractivity contribution is -0.0538. The highest BCUT2D eigenvalue weighted by Gasteiger charge is 2.57. The lowest BCUT2D eigenvalue weighted by atomic mass is 9.84. The van der Waals surface area contributed by atoms with E-state index in [1.54, 1.807) is 16.4 Å². The van der Waals surface area contributed by atoms with E-state index in [0.29, 0.717) is 11.4 Å². The van der Waals surface area contributed by atoms with Gasteiger partial charge in [-0.15, -0.1) is 0 Å². The van der Waals surface area contributed by atoms with Crippen molar-refractivity contribution in [1.29, 1.82) is 0 Å². The Morgan fingerprint density at radius 2 is 1.87 bits per heavy atom. The molecule has 0 amide bonds. The fourth-order valence-electron chi connectivity index (χ4n) is 3.80. The maximum absolute atomic E-state index is 13.2. The second-order valence-corrected chi connectivity index (χ2v) is 9.47. The van der Waals surface area contributed by atoms with Gasteiger partial charge in [0.15, 0.2) is 0 Å². The summed E-state index contributed by atoms with van der Waals surface area (Å²) in [5.41, 5.74) is 3.79. The summed E-state index contributed by atoms with van der Waals surface area (Å²) in [6, 6.07) is 7.02. The number of benzene rings is 1. The highest BCUT2D eigenvalue weighted by Crippen LogP contribution is 2.43. The predicted molar refractivity (Wildman–Crippen MR) is 89.3 cm³/mol. The van der Waals surface area contributed by atoms with Crippen LogP contribution in [0.3, 0.4) is 0 Å². The molecule has 3 atom stereocenters. The Balaban J connectivity index is 1.99. The van der Waals surface area contributed by atoms with Gasteiger partial charge >= 0.3 is 0 Å². The average molecular weight is 338 g/mol. The topological polar surface area (TPSA) is 58.6 Å². The second kappa shape index (κ2) is 5.55. The van der Waals surface area contributed by atoms with Crippen molar-refractivity contribution >= 4 is 10.0 Å². The van der Waals surface area contributed by atoms with Crippen LogP contribution in [0.2, 0.25) is 0 Å². The quantitative estimate of drug-likeness (QED) is 0.919. The monoisotopic (exact) mass is 338 g/mol. The standard InChI is InChI=1S/C17H26N2O3S/c1-11(2)16-15-14(17(4,5)22-18-15)10-19(16)23(20,21)13-8-6-12(3)7-9-13/h6-9,11,14-16,18H,10H2,1-5H3/t14-,15-,16-/m0/s1. The zero-order valence-corrected chi connectivity index (χ0v) is 15.2. The Hall–Kier alpha value is -0.950. The van der Waals surface area contributed by atoms with Crippen molar-refractivity contribution in [2.45, 2.75) is 57.2 Å². The number of nitrogens with zero attached hydrogens (tertiary/aromatic N) is 1. The molecule has 0 aliphatic carbocycles. The van der Waals surface area contributed by atoms with Gasteiger partial charge in [0.2, 0.25) is 10.0 Å². The molecule has 1 aromatic rings. The van der Waals surface area contributed by atoms with Gasteiger partial charge in [-0.3, -0.25) is 4.84 Å². The lowest BCUT2D eigenvalue weighted by Crippen LogP contribution is -2.46. The molecule has 2 fully saturated rings. The Morgan fingerprint density at radius 1 is 1.26 bits per heavy atom. The van der Waals surface area contributed by atoms with Crippen molar-refractivity contribution in [3.05, 3.63) is 29.8 Å². The molecule has 2 saturated heterocycles. The van der Waals surface area contributed by atoms with Crippen molar-refractivity contribution < 1.29 is 13.3 Å². The summed E-state index contributed by atoms with van der Waals surface area (Å²) in [6.45, 7) is 10.6. The van der Waals surface area contributed by atoms with E-state index in [0.717, 1.165) is 5.56 Å². The van der Waals surface area contributed by atoms with Gasteiger partial charge in [-0.2, -0.15) is 9.79 Å². The number of hydrogen-bond donors (Lipinski definition) is 1. The van der Waals surface area contributed by atoms with Gasteiger partial charge in [0, 0.05) is 18.5 Å². The molecular formula is C17H26N2O3S. The van der Waals surface area contributed by atoms with E-state index >= 15 is 0 Å². The molecule has 0 radical (unpaired) electrons. The van der Waals surface area contributed by atoms with Crippen LogP contribution in [0.5, 0.6) is 0 Å². The molecule has 0 aromatic heterocycles. The van der Waals surface area contributed by atoms with E-state index < -0.39 is 10.0 Å². The lowest BCUT2D eigenvalue weighted by Gasteiger charge is -2.30. The largest absolute Gasteiger partial charge is 0.295 e. The zero-order chi connectivity index (χ0) is 17.0. The number of sulfonamides is 1. The van der Waals surface area contributed by atoms with Gasteiger partial charge in [0.05, 0.1) is 16.5 Å². The van der Waals surface area contributed by atoms with Gasteiger partial charge in [0.25, 0.3) is 0 Å². The maximum atomic E-state index is 13.2. The normalized spacial score (nSPS) is 30.8. The van der Waals surface area contributed by atoms with E-state index in [1.807, 2.05) is 32.9 Å². The average Bonchev–Trinajstić information content (AvgIpc) is 2.98. The minimum atomic E-state index is -3.50. The molecule has 0 unspecified atom stereocenters. The van der Waals surface area contributed by atoms with Crippen LogP contribution in [0.15, 0.2) is 29.2 Å². The van der Waals surface area contributed by atoms with Crippen LogP contribution < -0.4 is 5.48 Å². The minimum absolute atomic E-state index is 0.0326. The molecule has 128 valence electrons. The zero-order valence-electron chi connectivity index (χ0n) is 14.4. The first kappa shape index (κ1) is 16.9. The van der Waals surface area contributed by atoms with Gasteiger partial charge in [-0.25, -0.2) is 8.42 Å². The molecule has 23 heavy (non-hydrogen) atoms. The molecule has 1 N–H and O–H groups in total. The van der Waals surface area contributed by atoms with Crippen LogP contribution in [0, 0.1) is 18.8 Å². The summed E-state index contributed by atoms with van der Waals surface area (Å²) >= 11 is 0. The van der Waals surface area contributed by atoms with Gasteiger partial charge in [-0.1, -0.05) is 31.5 Å². The molecule has 2 aliphatic rings. The maximum Gasteiger partial charge on any atom is 0.243 e. The smallest absolute Gasteiger partial charge is 0.243 e.